The van der Waals surface area contributed by atoms with Crippen LogP contribution in [0.2, 0.25) is 0 Å². The van der Waals surface area contributed by atoms with Gasteiger partial charge < -0.3 is 14.2 Å². The fraction of sp³-hybridized carbons (Fsp3) is 0.787. The molecule has 1 atom stereocenters. The number of unbranched alkanes of at least 4 members (excludes halogenated alkanes) is 31. The molecule has 0 saturated heterocycles. The van der Waals surface area contributed by atoms with E-state index in [4.69, 9.17) is 14.2 Å². The van der Waals surface area contributed by atoms with Crippen LogP contribution in [0.4, 0.5) is 0 Å². The van der Waals surface area contributed by atoms with Gasteiger partial charge in [0.2, 0.25) is 0 Å². The van der Waals surface area contributed by atoms with Gasteiger partial charge in [-0.2, -0.15) is 0 Å². The highest BCUT2D eigenvalue weighted by atomic mass is 16.6. The van der Waals surface area contributed by atoms with E-state index in [1.807, 2.05) is 0 Å². The molecule has 6 heteroatoms. The smallest absolute Gasteiger partial charge is 0.306 e. The molecule has 1 unspecified atom stereocenters. The summed E-state index contributed by atoms with van der Waals surface area (Å²) in [6, 6.07) is 0. The van der Waals surface area contributed by atoms with Crippen molar-refractivity contribution in [1.29, 1.82) is 0 Å². The zero-order valence-electron chi connectivity index (χ0n) is 44.4. The molecular weight excluding hydrogens is 829 g/mol. The van der Waals surface area contributed by atoms with Crippen LogP contribution < -0.4 is 0 Å². The summed E-state index contributed by atoms with van der Waals surface area (Å²) in [5, 5.41) is 0. The van der Waals surface area contributed by atoms with E-state index < -0.39 is 6.10 Å². The summed E-state index contributed by atoms with van der Waals surface area (Å²) in [6.07, 6.45) is 69.5. The van der Waals surface area contributed by atoms with Crippen LogP contribution in [-0.2, 0) is 28.6 Å². The van der Waals surface area contributed by atoms with Crippen LogP contribution in [0.15, 0.2) is 60.8 Å². The lowest BCUT2D eigenvalue weighted by molar-refractivity contribution is -0.167. The van der Waals surface area contributed by atoms with Gasteiger partial charge in [-0.25, -0.2) is 0 Å². The molecule has 0 spiro atoms. The van der Waals surface area contributed by atoms with Crippen molar-refractivity contribution in [3.05, 3.63) is 60.8 Å². The molecule has 0 bridgehead atoms. The number of esters is 3. The third-order valence-corrected chi connectivity index (χ3v) is 12.5. The predicted molar refractivity (Wildman–Crippen MR) is 288 cm³/mol. The van der Waals surface area contributed by atoms with E-state index in [0.29, 0.717) is 19.3 Å². The minimum absolute atomic E-state index is 0.0786. The number of carbonyl (C=O) groups excluding carboxylic acids is 3. The van der Waals surface area contributed by atoms with E-state index in [0.717, 1.165) is 96.3 Å². The number of ether oxygens (including phenoxy) is 3. The molecule has 0 radical (unpaired) electrons. The topological polar surface area (TPSA) is 78.9 Å². The lowest BCUT2D eigenvalue weighted by Crippen LogP contribution is -2.30. The van der Waals surface area contributed by atoms with Crippen LogP contribution in [0.5, 0.6) is 0 Å². The maximum absolute atomic E-state index is 12.8. The highest BCUT2D eigenvalue weighted by Gasteiger charge is 2.19. The molecule has 0 aliphatic rings. The van der Waals surface area contributed by atoms with Crippen LogP contribution >= 0.6 is 0 Å². The van der Waals surface area contributed by atoms with E-state index >= 15 is 0 Å². The SMILES string of the molecule is CCCC/C=C\C/C=C\CCCCCCCC(=O)OC(COC(=O)CCCCCCCCCC)COC(=O)CCCCCCCCCCCCCC/C=C\C/C=C\C/C=C\CCCCCCC. The molecule has 0 N–H and O–H groups in total. The Labute approximate surface area is 415 Å². The Kier molecular flexibility index (Phi) is 53.3. The molecule has 0 aromatic rings. The van der Waals surface area contributed by atoms with Crippen molar-refractivity contribution in [2.45, 2.75) is 297 Å². The number of hydrogen-bond acceptors (Lipinski definition) is 6. The first kappa shape index (κ1) is 64.1. The highest BCUT2D eigenvalue weighted by Crippen LogP contribution is 2.15. The summed E-state index contributed by atoms with van der Waals surface area (Å²) in [6.45, 7) is 6.56. The van der Waals surface area contributed by atoms with Crippen molar-refractivity contribution < 1.29 is 28.6 Å². The van der Waals surface area contributed by atoms with Gasteiger partial charge in [-0.3, -0.25) is 14.4 Å². The molecule has 0 heterocycles. The number of rotatable bonds is 52. The summed E-state index contributed by atoms with van der Waals surface area (Å²) in [5.41, 5.74) is 0. The van der Waals surface area contributed by atoms with E-state index in [2.05, 4.69) is 81.5 Å². The lowest BCUT2D eigenvalue weighted by Gasteiger charge is -2.18. The van der Waals surface area contributed by atoms with Gasteiger partial charge in [0.05, 0.1) is 0 Å². The second kappa shape index (κ2) is 55.7. The Bertz CT molecular complexity index is 1210. The van der Waals surface area contributed by atoms with Crippen molar-refractivity contribution in [3.63, 3.8) is 0 Å². The van der Waals surface area contributed by atoms with E-state index in [1.165, 1.54) is 154 Å². The third-order valence-electron chi connectivity index (χ3n) is 12.5. The van der Waals surface area contributed by atoms with Crippen molar-refractivity contribution in [1.82, 2.24) is 0 Å². The summed E-state index contributed by atoms with van der Waals surface area (Å²) >= 11 is 0. The zero-order valence-corrected chi connectivity index (χ0v) is 44.4. The summed E-state index contributed by atoms with van der Waals surface area (Å²) in [4.78, 5) is 37.9. The van der Waals surface area contributed by atoms with Gasteiger partial charge >= 0.3 is 17.9 Å². The number of carbonyl (C=O) groups is 3. The monoisotopic (exact) mass is 937 g/mol. The van der Waals surface area contributed by atoms with Gasteiger partial charge in [0.15, 0.2) is 6.10 Å². The largest absolute Gasteiger partial charge is 0.462 e. The quantitative estimate of drug-likeness (QED) is 0.0262. The van der Waals surface area contributed by atoms with E-state index in [1.54, 1.807) is 0 Å². The molecule has 388 valence electrons. The molecule has 0 fully saturated rings. The van der Waals surface area contributed by atoms with E-state index in [9.17, 15) is 14.4 Å². The van der Waals surface area contributed by atoms with Crippen molar-refractivity contribution in [2.75, 3.05) is 13.2 Å². The first-order chi connectivity index (χ1) is 33.0. The van der Waals surface area contributed by atoms with Crippen LogP contribution in [0.1, 0.15) is 290 Å². The van der Waals surface area contributed by atoms with Crippen LogP contribution in [-0.4, -0.2) is 37.2 Å². The molecule has 0 aromatic heterocycles. The first-order valence-corrected chi connectivity index (χ1v) is 28.8. The maximum Gasteiger partial charge on any atom is 0.306 e. The molecule has 0 amide bonds. The minimum atomic E-state index is -0.778. The second-order valence-corrected chi connectivity index (χ2v) is 19.2. The van der Waals surface area contributed by atoms with Gasteiger partial charge in [0, 0.05) is 19.3 Å². The third kappa shape index (κ3) is 53.9. The van der Waals surface area contributed by atoms with Crippen LogP contribution in [0.25, 0.3) is 0 Å². The van der Waals surface area contributed by atoms with Crippen molar-refractivity contribution in [3.8, 4) is 0 Å². The fourth-order valence-corrected chi connectivity index (χ4v) is 8.11. The number of hydrogen-bond donors (Lipinski definition) is 0. The maximum atomic E-state index is 12.8. The standard InChI is InChI=1S/C61H108O6/c1-4-7-10-13-16-19-21-23-25-26-27-28-29-30-31-32-33-34-35-36-37-39-40-42-45-48-51-54-60(63)66-57-58(56-65-59(62)53-50-47-44-18-15-12-9-6-3)67-61(64)55-52-49-46-43-41-38-24-22-20-17-14-11-8-5-2/h14,17,21-24,26-27,29-30,58H,4-13,15-16,18-20,25,28,31-57H2,1-3H3/b17-14-,23-21-,24-22-,27-26-,30-29-. The molecule has 0 rings (SSSR count). The molecule has 6 nitrogen and oxygen atoms in total. The van der Waals surface area contributed by atoms with Gasteiger partial charge in [0.25, 0.3) is 0 Å². The molecule has 67 heavy (non-hydrogen) atoms. The van der Waals surface area contributed by atoms with Crippen LogP contribution in [0, 0.1) is 0 Å². The molecular formula is C61H108O6. The van der Waals surface area contributed by atoms with Crippen LogP contribution in [0.3, 0.4) is 0 Å². The Morgan fingerprint density at radius 3 is 0.881 bits per heavy atom. The Morgan fingerprint density at radius 2 is 0.552 bits per heavy atom. The summed E-state index contributed by atoms with van der Waals surface area (Å²) in [7, 11) is 0. The lowest BCUT2D eigenvalue weighted by atomic mass is 10.0. The molecule has 0 saturated carbocycles. The fourth-order valence-electron chi connectivity index (χ4n) is 8.11. The zero-order chi connectivity index (χ0) is 48.6. The first-order valence-electron chi connectivity index (χ1n) is 28.8. The van der Waals surface area contributed by atoms with Gasteiger partial charge in [-0.15, -0.1) is 0 Å². The Morgan fingerprint density at radius 1 is 0.299 bits per heavy atom. The van der Waals surface area contributed by atoms with Crippen molar-refractivity contribution >= 4 is 17.9 Å². The number of allylic oxidation sites excluding steroid dienone is 10. The average Bonchev–Trinajstić information content (AvgIpc) is 3.33. The normalized spacial score (nSPS) is 12.5. The molecule has 0 aliphatic carbocycles. The average molecular weight is 938 g/mol. The predicted octanol–water partition coefficient (Wildman–Crippen LogP) is 19.2. The molecule has 0 aliphatic heterocycles. The van der Waals surface area contributed by atoms with E-state index in [-0.39, 0.29) is 31.1 Å². The molecule has 0 aromatic carbocycles. The Hall–Kier alpha value is -2.89. The minimum Gasteiger partial charge on any atom is -0.462 e. The Balaban J connectivity index is 4.15. The van der Waals surface area contributed by atoms with Crippen molar-refractivity contribution in [2.24, 2.45) is 0 Å². The van der Waals surface area contributed by atoms with Gasteiger partial charge in [-0.05, 0) is 83.5 Å². The highest BCUT2D eigenvalue weighted by molar-refractivity contribution is 5.71. The summed E-state index contributed by atoms with van der Waals surface area (Å²) < 4.78 is 16.8. The van der Waals surface area contributed by atoms with Gasteiger partial charge in [0.1, 0.15) is 13.2 Å². The second-order valence-electron chi connectivity index (χ2n) is 19.2. The summed E-state index contributed by atoms with van der Waals surface area (Å²) in [5.74, 6) is -0.891. The van der Waals surface area contributed by atoms with Gasteiger partial charge in [-0.1, -0.05) is 248 Å².